The van der Waals surface area contributed by atoms with Crippen LogP contribution in [0.3, 0.4) is 0 Å². The molecule has 1 aliphatic heterocycles. The number of unbranched alkanes of at least 4 members (excludes halogenated alkanes) is 1. The molecule has 80 valence electrons. The summed E-state index contributed by atoms with van der Waals surface area (Å²) in [5.41, 5.74) is 3.03. The molecule has 0 aliphatic carbocycles. The second kappa shape index (κ2) is 6.77. The summed E-state index contributed by atoms with van der Waals surface area (Å²) in [5.74, 6) is 0. The van der Waals surface area contributed by atoms with Crippen LogP contribution in [-0.2, 0) is 4.84 Å². The lowest BCUT2D eigenvalue weighted by Gasteiger charge is -2.26. The van der Waals surface area contributed by atoms with Crippen molar-refractivity contribution in [2.75, 3.05) is 13.2 Å². The average molecular weight is 197 g/mol. The summed E-state index contributed by atoms with van der Waals surface area (Å²) >= 11 is 0. The van der Waals surface area contributed by atoms with Gasteiger partial charge in [0.25, 0.3) is 0 Å². The van der Waals surface area contributed by atoms with E-state index in [1.807, 2.05) is 0 Å². The van der Waals surface area contributed by atoms with Crippen molar-refractivity contribution in [3.8, 4) is 6.07 Å². The Bertz CT molecular complexity index is 182. The molecule has 1 fully saturated rings. The molecule has 1 saturated heterocycles. The molecule has 4 heteroatoms. The van der Waals surface area contributed by atoms with Crippen LogP contribution in [0.15, 0.2) is 0 Å². The summed E-state index contributed by atoms with van der Waals surface area (Å²) in [4.78, 5) is 5.31. The minimum Gasteiger partial charge on any atom is -0.301 e. The van der Waals surface area contributed by atoms with Crippen LogP contribution in [0.5, 0.6) is 0 Å². The summed E-state index contributed by atoms with van der Waals surface area (Å²) in [6, 6.07) is 2.61. The number of nitrogens with one attached hydrogen (secondary N) is 2. The predicted octanol–water partition coefficient (Wildman–Crippen LogP) is 0.952. The van der Waals surface area contributed by atoms with E-state index in [1.165, 1.54) is 0 Å². The minimum atomic E-state index is 0.0312. The van der Waals surface area contributed by atoms with Gasteiger partial charge in [0.2, 0.25) is 0 Å². The zero-order valence-corrected chi connectivity index (χ0v) is 8.75. The Morgan fingerprint density at radius 3 is 3.00 bits per heavy atom. The molecule has 1 heterocycles. The van der Waals surface area contributed by atoms with Gasteiger partial charge in [0, 0.05) is 12.6 Å². The number of hydroxylamine groups is 1. The van der Waals surface area contributed by atoms with Crippen LogP contribution >= 0.6 is 0 Å². The van der Waals surface area contributed by atoms with E-state index in [2.05, 4.69) is 23.8 Å². The van der Waals surface area contributed by atoms with Gasteiger partial charge in [-0.3, -0.25) is 0 Å². The lowest BCUT2D eigenvalue weighted by atomic mass is 10.0. The molecule has 0 aromatic rings. The lowest BCUT2D eigenvalue weighted by molar-refractivity contribution is 0.00770. The molecule has 0 aromatic carbocycles. The summed E-state index contributed by atoms with van der Waals surface area (Å²) in [7, 11) is 0. The monoisotopic (exact) mass is 197 g/mol. The second-order valence-electron chi connectivity index (χ2n) is 3.68. The standard InChI is InChI=1S/C10H19N3O/c1-2-3-6-14-13-10-5-4-9(7-11)12-8-10/h9-10,12-13H,2-6,8H2,1H3/t9-,10+/m0/s1. The highest BCUT2D eigenvalue weighted by Crippen LogP contribution is 2.07. The Balaban J connectivity index is 2.02. The number of rotatable bonds is 5. The third-order valence-electron chi connectivity index (χ3n) is 2.42. The van der Waals surface area contributed by atoms with Crippen molar-refractivity contribution in [3.63, 3.8) is 0 Å². The molecule has 1 rings (SSSR count). The van der Waals surface area contributed by atoms with Crippen LogP contribution in [0, 0.1) is 11.3 Å². The van der Waals surface area contributed by atoms with E-state index in [0.29, 0.717) is 6.04 Å². The van der Waals surface area contributed by atoms with Gasteiger partial charge in [-0.2, -0.15) is 10.7 Å². The van der Waals surface area contributed by atoms with Gasteiger partial charge >= 0.3 is 0 Å². The van der Waals surface area contributed by atoms with Crippen LogP contribution in [0.2, 0.25) is 0 Å². The lowest BCUT2D eigenvalue weighted by Crippen LogP contribution is -2.47. The number of piperidine rings is 1. The molecular weight excluding hydrogens is 178 g/mol. The number of nitrogens with zero attached hydrogens (tertiary/aromatic N) is 1. The van der Waals surface area contributed by atoms with E-state index < -0.39 is 0 Å². The van der Waals surface area contributed by atoms with Crippen molar-refractivity contribution in [1.82, 2.24) is 10.8 Å². The van der Waals surface area contributed by atoms with Crippen molar-refractivity contribution in [2.45, 2.75) is 44.7 Å². The predicted molar refractivity (Wildman–Crippen MR) is 54.4 cm³/mol. The molecule has 0 amide bonds. The molecule has 14 heavy (non-hydrogen) atoms. The molecular formula is C10H19N3O. The van der Waals surface area contributed by atoms with E-state index in [9.17, 15) is 0 Å². The number of hydrogen-bond acceptors (Lipinski definition) is 4. The highest BCUT2D eigenvalue weighted by molar-refractivity contribution is 4.94. The first-order chi connectivity index (χ1) is 6.86. The highest BCUT2D eigenvalue weighted by Gasteiger charge is 2.19. The molecule has 1 aliphatic rings. The largest absolute Gasteiger partial charge is 0.301 e. The van der Waals surface area contributed by atoms with Gasteiger partial charge in [-0.15, -0.1) is 0 Å². The maximum absolute atomic E-state index is 8.66. The molecule has 0 bridgehead atoms. The maximum atomic E-state index is 8.66. The number of nitriles is 1. The molecule has 0 radical (unpaired) electrons. The van der Waals surface area contributed by atoms with Gasteiger partial charge in [-0.1, -0.05) is 13.3 Å². The Morgan fingerprint density at radius 2 is 2.43 bits per heavy atom. The van der Waals surface area contributed by atoms with Crippen molar-refractivity contribution in [3.05, 3.63) is 0 Å². The summed E-state index contributed by atoms with van der Waals surface area (Å²) < 4.78 is 0. The quantitative estimate of drug-likeness (QED) is 0.509. The van der Waals surface area contributed by atoms with Crippen LogP contribution in [0.4, 0.5) is 0 Å². The van der Waals surface area contributed by atoms with Crippen molar-refractivity contribution < 1.29 is 4.84 Å². The van der Waals surface area contributed by atoms with Crippen molar-refractivity contribution in [2.24, 2.45) is 0 Å². The van der Waals surface area contributed by atoms with Crippen LogP contribution in [0.25, 0.3) is 0 Å². The van der Waals surface area contributed by atoms with Gasteiger partial charge < -0.3 is 10.2 Å². The van der Waals surface area contributed by atoms with Crippen LogP contribution in [0.1, 0.15) is 32.6 Å². The molecule has 0 unspecified atom stereocenters. The van der Waals surface area contributed by atoms with Crippen LogP contribution in [-0.4, -0.2) is 25.2 Å². The Hall–Kier alpha value is -0.630. The molecule has 0 spiro atoms. The van der Waals surface area contributed by atoms with Gasteiger partial charge in [0.1, 0.15) is 0 Å². The maximum Gasteiger partial charge on any atom is 0.0954 e. The summed E-state index contributed by atoms with van der Waals surface area (Å²) in [5, 5.41) is 11.8. The Morgan fingerprint density at radius 1 is 1.57 bits per heavy atom. The van der Waals surface area contributed by atoms with E-state index in [4.69, 9.17) is 10.1 Å². The fourth-order valence-electron chi connectivity index (χ4n) is 1.46. The Kier molecular flexibility index (Phi) is 5.53. The zero-order chi connectivity index (χ0) is 10.2. The molecule has 2 N–H and O–H groups in total. The zero-order valence-electron chi connectivity index (χ0n) is 8.75. The van der Waals surface area contributed by atoms with E-state index in [0.717, 1.165) is 38.8 Å². The molecule has 0 saturated carbocycles. The Labute approximate surface area is 85.6 Å². The van der Waals surface area contributed by atoms with E-state index in [1.54, 1.807) is 0 Å². The van der Waals surface area contributed by atoms with Gasteiger partial charge in [-0.25, -0.2) is 0 Å². The van der Waals surface area contributed by atoms with Crippen molar-refractivity contribution >= 4 is 0 Å². The summed E-state index contributed by atoms with van der Waals surface area (Å²) in [6.07, 6.45) is 4.16. The molecule has 2 atom stereocenters. The third-order valence-corrected chi connectivity index (χ3v) is 2.42. The van der Waals surface area contributed by atoms with Gasteiger partial charge in [0.05, 0.1) is 18.7 Å². The van der Waals surface area contributed by atoms with Crippen molar-refractivity contribution in [1.29, 1.82) is 5.26 Å². The first kappa shape index (κ1) is 11.4. The summed E-state index contributed by atoms with van der Waals surface area (Å²) in [6.45, 7) is 3.74. The second-order valence-corrected chi connectivity index (χ2v) is 3.68. The van der Waals surface area contributed by atoms with Gasteiger partial charge in [-0.05, 0) is 19.3 Å². The van der Waals surface area contributed by atoms with Gasteiger partial charge in [0.15, 0.2) is 0 Å². The fraction of sp³-hybridized carbons (Fsp3) is 0.900. The first-order valence-electron chi connectivity index (χ1n) is 5.37. The SMILES string of the molecule is CCCCON[C@@H]1CC[C@@H](C#N)NC1. The molecule has 4 nitrogen and oxygen atoms in total. The van der Waals surface area contributed by atoms with E-state index >= 15 is 0 Å². The minimum absolute atomic E-state index is 0.0312. The average Bonchev–Trinajstić information content (AvgIpc) is 2.25. The molecule has 0 aromatic heterocycles. The normalized spacial score (nSPS) is 27.1. The smallest absolute Gasteiger partial charge is 0.0954 e. The highest BCUT2D eigenvalue weighted by atomic mass is 16.6. The number of hydrogen-bond donors (Lipinski definition) is 2. The fourth-order valence-corrected chi connectivity index (χ4v) is 1.46. The first-order valence-corrected chi connectivity index (χ1v) is 5.37. The van der Waals surface area contributed by atoms with Crippen LogP contribution < -0.4 is 10.8 Å². The third kappa shape index (κ3) is 4.05. The van der Waals surface area contributed by atoms with E-state index in [-0.39, 0.29) is 6.04 Å². The topological polar surface area (TPSA) is 57.1 Å².